The molecule has 0 aromatic heterocycles. The Labute approximate surface area is 242 Å². The minimum absolute atomic E-state index is 0.0191. The van der Waals surface area contributed by atoms with Gasteiger partial charge in [-0.25, -0.2) is 9.80 Å². The molecule has 6 rings (SSSR count). The van der Waals surface area contributed by atoms with E-state index in [9.17, 15) is 29.7 Å². The van der Waals surface area contributed by atoms with Crippen LogP contribution in [0.4, 0.5) is 11.4 Å². The van der Waals surface area contributed by atoms with E-state index in [0.717, 1.165) is 20.9 Å². The van der Waals surface area contributed by atoms with Crippen molar-refractivity contribution in [2.45, 2.75) is 41.5 Å². The minimum Gasteiger partial charge on any atom is -0.268 e. The Balaban J connectivity index is 1.71. The van der Waals surface area contributed by atoms with Crippen LogP contribution in [-0.2, 0) is 0 Å². The molecule has 0 N–H and O–H groups in total. The maximum Gasteiger partial charge on any atom is 0.267 e. The van der Waals surface area contributed by atoms with E-state index in [-0.39, 0.29) is 44.2 Å². The topological polar surface area (TPSA) is 122 Å². The van der Waals surface area contributed by atoms with Gasteiger partial charge in [0.05, 0.1) is 44.8 Å². The van der Waals surface area contributed by atoms with Gasteiger partial charge in [-0.15, -0.1) is 0 Å². The second-order valence-electron chi connectivity index (χ2n) is 11.1. The summed E-state index contributed by atoms with van der Waals surface area (Å²) in [5, 5.41) is 20.5. The van der Waals surface area contributed by atoms with Crippen molar-refractivity contribution in [2.24, 2.45) is 0 Å². The molecule has 8 heteroatoms. The summed E-state index contributed by atoms with van der Waals surface area (Å²) in [6.07, 6.45) is 0. The number of carbonyl (C=O) groups excluding carboxylic acids is 4. The van der Waals surface area contributed by atoms with Gasteiger partial charge in [0.15, 0.2) is 0 Å². The van der Waals surface area contributed by atoms with Crippen molar-refractivity contribution in [1.29, 1.82) is 10.5 Å². The number of aryl methyl sites for hydroxylation is 6. The number of hydrogen-bond acceptors (Lipinski definition) is 6. The maximum atomic E-state index is 14.1. The molecule has 0 saturated heterocycles. The molecule has 4 aromatic carbocycles. The number of anilines is 2. The maximum absolute atomic E-state index is 14.1. The zero-order valence-electron chi connectivity index (χ0n) is 23.9. The first-order chi connectivity index (χ1) is 19.9. The molecule has 0 radical (unpaired) electrons. The predicted octanol–water partition coefficient (Wildman–Crippen LogP) is 6.03. The summed E-state index contributed by atoms with van der Waals surface area (Å²) in [4.78, 5) is 58.6. The third-order valence-electron chi connectivity index (χ3n) is 8.06. The van der Waals surface area contributed by atoms with Crippen LogP contribution in [0.5, 0.6) is 0 Å². The third-order valence-corrected chi connectivity index (χ3v) is 8.06. The number of benzene rings is 4. The van der Waals surface area contributed by atoms with Gasteiger partial charge in [-0.05, 0) is 75.9 Å². The highest BCUT2D eigenvalue weighted by Crippen LogP contribution is 2.44. The van der Waals surface area contributed by atoms with Crippen LogP contribution in [0.15, 0.2) is 36.4 Å². The smallest absolute Gasteiger partial charge is 0.267 e. The highest BCUT2D eigenvalue weighted by Gasteiger charge is 2.44. The molecule has 4 amide bonds. The number of imide groups is 2. The van der Waals surface area contributed by atoms with Crippen molar-refractivity contribution < 1.29 is 19.2 Å². The monoisotopic (exact) mass is 552 g/mol. The van der Waals surface area contributed by atoms with E-state index in [4.69, 9.17) is 0 Å². The summed E-state index contributed by atoms with van der Waals surface area (Å²) in [5.41, 5.74) is 5.05. The molecule has 0 atom stereocenters. The van der Waals surface area contributed by atoms with Gasteiger partial charge in [-0.3, -0.25) is 19.2 Å². The first-order valence-electron chi connectivity index (χ1n) is 13.3. The van der Waals surface area contributed by atoms with Gasteiger partial charge in [-0.2, -0.15) is 10.5 Å². The van der Waals surface area contributed by atoms with Crippen LogP contribution in [0.25, 0.3) is 10.8 Å². The van der Waals surface area contributed by atoms with Crippen molar-refractivity contribution in [3.8, 4) is 12.1 Å². The molecule has 2 aliphatic heterocycles. The van der Waals surface area contributed by atoms with E-state index in [2.05, 4.69) is 0 Å². The van der Waals surface area contributed by atoms with Crippen LogP contribution >= 0.6 is 0 Å². The summed E-state index contributed by atoms with van der Waals surface area (Å²) in [6, 6.07) is 14.1. The molecular weight excluding hydrogens is 528 g/mol. The van der Waals surface area contributed by atoms with E-state index in [0.29, 0.717) is 33.6 Å². The molecule has 0 spiro atoms. The Morgan fingerprint density at radius 3 is 1.10 bits per heavy atom. The normalized spacial score (nSPS) is 14.0. The van der Waals surface area contributed by atoms with Crippen molar-refractivity contribution in [2.75, 3.05) is 9.80 Å². The third kappa shape index (κ3) is 3.39. The zero-order valence-corrected chi connectivity index (χ0v) is 23.9. The molecule has 0 fully saturated rings. The predicted molar refractivity (Wildman–Crippen MR) is 157 cm³/mol. The molecule has 204 valence electrons. The van der Waals surface area contributed by atoms with Gasteiger partial charge in [0.25, 0.3) is 23.6 Å². The van der Waals surface area contributed by atoms with Gasteiger partial charge in [0, 0.05) is 10.8 Å². The summed E-state index contributed by atoms with van der Waals surface area (Å²) in [5.74, 6) is -2.85. The number of rotatable bonds is 2. The molecule has 42 heavy (non-hydrogen) atoms. The molecule has 0 aliphatic carbocycles. The van der Waals surface area contributed by atoms with Crippen LogP contribution in [0.1, 0.15) is 85.9 Å². The Morgan fingerprint density at radius 2 is 0.810 bits per heavy atom. The molecule has 2 heterocycles. The van der Waals surface area contributed by atoms with E-state index in [1.54, 1.807) is 27.7 Å². The lowest BCUT2D eigenvalue weighted by molar-refractivity contribution is 0.0872. The van der Waals surface area contributed by atoms with Gasteiger partial charge in [0.2, 0.25) is 0 Å². The lowest BCUT2D eigenvalue weighted by atomic mass is 9.81. The zero-order chi connectivity index (χ0) is 30.4. The van der Waals surface area contributed by atoms with Crippen molar-refractivity contribution in [1.82, 2.24) is 0 Å². The molecule has 4 aromatic rings. The molecule has 2 aliphatic rings. The van der Waals surface area contributed by atoms with Crippen LogP contribution < -0.4 is 9.80 Å². The molecule has 8 nitrogen and oxygen atoms in total. The number of hydrogen-bond donors (Lipinski definition) is 0. The molecule has 0 saturated carbocycles. The highest BCUT2D eigenvalue weighted by atomic mass is 16.2. The Hall–Kier alpha value is -5.60. The second-order valence-corrected chi connectivity index (χ2v) is 11.1. The largest absolute Gasteiger partial charge is 0.268 e. The van der Waals surface area contributed by atoms with Crippen LogP contribution in [0, 0.1) is 64.2 Å². The summed E-state index contributed by atoms with van der Waals surface area (Å²) >= 11 is 0. The molecule has 0 unspecified atom stereocenters. The lowest BCUT2D eigenvalue weighted by Crippen LogP contribution is -2.45. The van der Waals surface area contributed by atoms with E-state index in [1.165, 1.54) is 12.1 Å². The lowest BCUT2D eigenvalue weighted by Gasteiger charge is -2.34. The van der Waals surface area contributed by atoms with Crippen molar-refractivity contribution in [3.05, 3.63) is 103 Å². The minimum atomic E-state index is -0.728. The van der Waals surface area contributed by atoms with Crippen LogP contribution in [0.2, 0.25) is 0 Å². The van der Waals surface area contributed by atoms with Gasteiger partial charge in [0.1, 0.15) is 12.1 Å². The first-order valence-corrected chi connectivity index (χ1v) is 13.3. The van der Waals surface area contributed by atoms with Crippen LogP contribution in [0.3, 0.4) is 0 Å². The van der Waals surface area contributed by atoms with Gasteiger partial charge >= 0.3 is 0 Å². The summed E-state index contributed by atoms with van der Waals surface area (Å²) < 4.78 is 0. The van der Waals surface area contributed by atoms with E-state index in [1.807, 2.05) is 50.3 Å². The van der Waals surface area contributed by atoms with Gasteiger partial charge in [-0.1, -0.05) is 35.4 Å². The fourth-order valence-corrected chi connectivity index (χ4v) is 6.70. The number of nitriles is 2. The molecular formula is C34H24N4O4. The number of nitrogens with zero attached hydrogens (tertiary/aromatic N) is 4. The van der Waals surface area contributed by atoms with Crippen molar-refractivity contribution in [3.63, 3.8) is 0 Å². The van der Waals surface area contributed by atoms with Crippen LogP contribution in [-0.4, -0.2) is 23.6 Å². The SMILES string of the molecule is Cc1cc(C)c(N2C(=O)c3cc(C#N)c4c5c(cc(C#N)c(c35)C2=O)C(=O)N(c2c(C)cc(C)cc2C)C4=O)c(C)c1. The highest BCUT2D eigenvalue weighted by molar-refractivity contribution is 6.43. The Kier molecular flexibility index (Phi) is 5.67. The Bertz CT molecular complexity index is 1910. The fourth-order valence-electron chi connectivity index (χ4n) is 6.70. The van der Waals surface area contributed by atoms with Gasteiger partial charge < -0.3 is 0 Å². The van der Waals surface area contributed by atoms with E-state index >= 15 is 0 Å². The fraction of sp³-hybridized carbons (Fsp3) is 0.176. The second kappa shape index (κ2) is 8.95. The summed E-state index contributed by atoms with van der Waals surface area (Å²) in [6.45, 7) is 11.0. The van der Waals surface area contributed by atoms with Crippen molar-refractivity contribution >= 4 is 45.8 Å². The quantitative estimate of drug-likeness (QED) is 0.280. The number of amides is 4. The Morgan fingerprint density at radius 1 is 0.500 bits per heavy atom. The average molecular weight is 553 g/mol. The standard InChI is InChI=1S/C34H24N4O4/c1-15-7-17(3)29(18(4)8-15)37-31(39)23-11-22(14-36)26-28-24(12-21(13-35)25(27(23)28)33(37)41)32(40)38(34(26)42)30-19(5)9-16(2)10-20(30)6/h7-12H,1-6H3. The average Bonchev–Trinajstić information content (AvgIpc) is 2.92. The molecule has 0 bridgehead atoms. The summed E-state index contributed by atoms with van der Waals surface area (Å²) in [7, 11) is 0. The number of carbonyl (C=O) groups is 4. The first kappa shape index (κ1) is 26.6. The van der Waals surface area contributed by atoms with E-state index < -0.39 is 23.6 Å².